The van der Waals surface area contributed by atoms with Crippen LogP contribution in [0.25, 0.3) is 0 Å². The monoisotopic (exact) mass is 494 g/mol. The lowest BCUT2D eigenvalue weighted by Crippen LogP contribution is -2.17. The fourth-order valence-corrected chi connectivity index (χ4v) is 4.76. The molecule has 2 N–H and O–H groups in total. The Hall–Kier alpha value is -3.02. The minimum absolute atomic E-state index is 0.0307. The Morgan fingerprint density at radius 1 is 1.23 bits per heavy atom. The molecule has 1 saturated carbocycles. The standard InChI is InChI=1S/C26H31ClN6O2/c1-17-4-6-19(7-5-17)16-33-23(21(28-25(33)27)14-15-26(2,3)35)22(34)13-10-18-8-11-20(12-9-18)24-29-31-32-30-24/h4-7,18,20,35H,8-13,16H2,1-3H3,(H,29,30,31,32). The van der Waals surface area contributed by atoms with Gasteiger partial charge in [0.25, 0.3) is 0 Å². The second-order valence-corrected chi connectivity index (χ2v) is 10.2. The summed E-state index contributed by atoms with van der Waals surface area (Å²) in [6.07, 6.45) is 5.24. The highest BCUT2D eigenvalue weighted by Gasteiger charge is 2.27. The number of halogens is 1. The van der Waals surface area contributed by atoms with Crippen LogP contribution in [0.3, 0.4) is 0 Å². The maximum Gasteiger partial charge on any atom is 0.204 e. The van der Waals surface area contributed by atoms with E-state index in [1.165, 1.54) is 0 Å². The molecule has 2 aromatic heterocycles. The van der Waals surface area contributed by atoms with Crippen LogP contribution in [0.2, 0.25) is 5.28 Å². The third kappa shape index (κ3) is 6.56. The molecule has 0 spiro atoms. The van der Waals surface area contributed by atoms with E-state index >= 15 is 0 Å². The van der Waals surface area contributed by atoms with Crippen molar-refractivity contribution in [3.05, 3.63) is 57.9 Å². The van der Waals surface area contributed by atoms with Crippen LogP contribution in [0, 0.1) is 24.7 Å². The molecule has 9 heteroatoms. The van der Waals surface area contributed by atoms with E-state index in [9.17, 15) is 9.90 Å². The van der Waals surface area contributed by atoms with Crippen molar-refractivity contribution in [1.29, 1.82) is 0 Å². The second-order valence-electron chi connectivity index (χ2n) is 9.91. The Balaban J connectivity index is 1.50. The summed E-state index contributed by atoms with van der Waals surface area (Å²) in [7, 11) is 0. The van der Waals surface area contributed by atoms with Gasteiger partial charge in [-0.05, 0) is 81.9 Å². The predicted molar refractivity (Wildman–Crippen MR) is 133 cm³/mol. The van der Waals surface area contributed by atoms with Gasteiger partial charge in [-0.2, -0.15) is 5.21 Å². The van der Waals surface area contributed by atoms with Crippen molar-refractivity contribution in [1.82, 2.24) is 30.2 Å². The number of aliphatic hydroxyl groups is 1. The summed E-state index contributed by atoms with van der Waals surface area (Å²) in [4.78, 5) is 17.9. The molecule has 1 aromatic carbocycles. The van der Waals surface area contributed by atoms with Crippen molar-refractivity contribution < 1.29 is 9.90 Å². The van der Waals surface area contributed by atoms with E-state index in [0.29, 0.717) is 36.2 Å². The Kier molecular flexibility index (Phi) is 7.68. The molecule has 0 aliphatic heterocycles. The third-order valence-corrected chi connectivity index (χ3v) is 6.78. The molecule has 3 aromatic rings. The maximum atomic E-state index is 13.5. The Bertz CT molecular complexity index is 1210. The number of nitrogens with zero attached hydrogens (tertiary/aromatic N) is 5. The van der Waals surface area contributed by atoms with Gasteiger partial charge in [0.05, 0.1) is 6.54 Å². The number of aryl methyl sites for hydroxylation is 1. The highest BCUT2D eigenvalue weighted by molar-refractivity contribution is 6.29. The van der Waals surface area contributed by atoms with Crippen LogP contribution in [0.15, 0.2) is 24.3 Å². The van der Waals surface area contributed by atoms with Gasteiger partial charge in [0.15, 0.2) is 11.6 Å². The summed E-state index contributed by atoms with van der Waals surface area (Å²) in [5, 5.41) is 24.7. The molecular weight excluding hydrogens is 464 g/mol. The van der Waals surface area contributed by atoms with Gasteiger partial charge in [-0.1, -0.05) is 41.0 Å². The maximum absolute atomic E-state index is 13.5. The summed E-state index contributed by atoms with van der Waals surface area (Å²) in [5.74, 6) is 7.21. The van der Waals surface area contributed by atoms with Crippen molar-refractivity contribution >= 4 is 17.4 Å². The van der Waals surface area contributed by atoms with Crippen LogP contribution in [0.4, 0.5) is 0 Å². The van der Waals surface area contributed by atoms with Gasteiger partial charge in [0.1, 0.15) is 17.0 Å². The van der Waals surface area contributed by atoms with Gasteiger partial charge in [-0.25, -0.2) is 4.98 Å². The number of imidazole rings is 1. The zero-order valence-corrected chi connectivity index (χ0v) is 21.1. The number of aromatic nitrogens is 6. The minimum Gasteiger partial charge on any atom is -0.378 e. The summed E-state index contributed by atoms with van der Waals surface area (Å²) >= 11 is 6.49. The van der Waals surface area contributed by atoms with Crippen molar-refractivity contribution in [2.75, 3.05) is 0 Å². The van der Waals surface area contributed by atoms with Gasteiger partial charge < -0.3 is 9.67 Å². The molecular formula is C26H31ClN6O2. The molecule has 0 unspecified atom stereocenters. The Morgan fingerprint density at radius 2 is 1.94 bits per heavy atom. The predicted octanol–water partition coefficient (Wildman–Crippen LogP) is 4.47. The van der Waals surface area contributed by atoms with Gasteiger partial charge >= 0.3 is 0 Å². The molecule has 0 atom stereocenters. The molecule has 1 aliphatic rings. The summed E-state index contributed by atoms with van der Waals surface area (Å²) in [6, 6.07) is 8.09. The Labute approximate surface area is 210 Å². The first-order valence-corrected chi connectivity index (χ1v) is 12.4. The van der Waals surface area contributed by atoms with Crippen LogP contribution >= 0.6 is 11.6 Å². The lowest BCUT2D eigenvalue weighted by molar-refractivity contribution is 0.0960. The zero-order valence-electron chi connectivity index (χ0n) is 20.4. The summed E-state index contributed by atoms with van der Waals surface area (Å²) in [6.45, 7) is 5.64. The average Bonchev–Trinajstić information content (AvgIpc) is 3.46. The third-order valence-electron chi connectivity index (χ3n) is 6.49. The first kappa shape index (κ1) is 25.1. The lowest BCUT2D eigenvalue weighted by atomic mass is 9.79. The number of hydrogen-bond donors (Lipinski definition) is 2. The van der Waals surface area contributed by atoms with Crippen LogP contribution < -0.4 is 0 Å². The number of ketones is 1. The number of benzene rings is 1. The first-order valence-electron chi connectivity index (χ1n) is 12.0. The number of tetrazole rings is 1. The molecule has 1 fully saturated rings. The van der Waals surface area contributed by atoms with Gasteiger partial charge in [-0.3, -0.25) is 4.79 Å². The highest BCUT2D eigenvalue weighted by atomic mass is 35.5. The number of nitrogens with one attached hydrogen (secondary N) is 1. The number of carbonyl (C=O) groups is 1. The second kappa shape index (κ2) is 10.7. The summed E-state index contributed by atoms with van der Waals surface area (Å²) in [5.41, 5.74) is 1.70. The van der Waals surface area contributed by atoms with Crippen molar-refractivity contribution in [3.8, 4) is 11.8 Å². The normalized spacial score (nSPS) is 18.2. The molecule has 0 radical (unpaired) electrons. The number of rotatable bonds is 7. The number of aromatic amines is 1. The summed E-state index contributed by atoms with van der Waals surface area (Å²) < 4.78 is 1.73. The largest absolute Gasteiger partial charge is 0.378 e. The van der Waals surface area contributed by atoms with Crippen LogP contribution in [-0.2, 0) is 6.54 Å². The van der Waals surface area contributed by atoms with Crippen molar-refractivity contribution in [3.63, 3.8) is 0 Å². The number of carbonyl (C=O) groups excluding carboxylic acids is 1. The van der Waals surface area contributed by atoms with E-state index in [-0.39, 0.29) is 11.1 Å². The first-order chi connectivity index (χ1) is 16.7. The molecule has 4 rings (SSSR count). The lowest BCUT2D eigenvalue weighted by Gasteiger charge is -2.26. The number of Topliss-reactive ketones (excluding diaryl/α,β-unsaturated/α-hetero) is 1. The van der Waals surface area contributed by atoms with Crippen molar-refractivity contribution in [2.45, 2.75) is 77.4 Å². The van der Waals surface area contributed by atoms with Gasteiger partial charge in [0, 0.05) is 12.3 Å². The van der Waals surface area contributed by atoms with Gasteiger partial charge in [-0.15, -0.1) is 10.2 Å². The Morgan fingerprint density at radius 3 is 2.57 bits per heavy atom. The zero-order chi connectivity index (χ0) is 25.0. The molecule has 0 saturated heterocycles. The average molecular weight is 495 g/mol. The van der Waals surface area contributed by atoms with Gasteiger partial charge in [0.2, 0.25) is 5.28 Å². The van der Waals surface area contributed by atoms with Crippen LogP contribution in [-0.4, -0.2) is 46.7 Å². The molecule has 2 heterocycles. The van der Waals surface area contributed by atoms with E-state index in [1.807, 2.05) is 31.2 Å². The quantitative estimate of drug-likeness (QED) is 0.370. The van der Waals surface area contributed by atoms with E-state index in [1.54, 1.807) is 18.4 Å². The topological polar surface area (TPSA) is 110 Å². The molecule has 0 bridgehead atoms. The number of H-pyrrole nitrogens is 1. The molecule has 8 nitrogen and oxygen atoms in total. The van der Waals surface area contributed by atoms with Crippen LogP contribution in [0.5, 0.6) is 0 Å². The molecule has 0 amide bonds. The molecule has 184 valence electrons. The van der Waals surface area contributed by atoms with E-state index in [4.69, 9.17) is 11.6 Å². The van der Waals surface area contributed by atoms with Crippen molar-refractivity contribution in [2.24, 2.45) is 5.92 Å². The van der Waals surface area contributed by atoms with E-state index < -0.39 is 5.60 Å². The smallest absolute Gasteiger partial charge is 0.204 e. The van der Waals surface area contributed by atoms with Crippen LogP contribution in [0.1, 0.15) is 91.4 Å². The molecule has 35 heavy (non-hydrogen) atoms. The fraction of sp³-hybridized carbons (Fsp3) is 0.500. The number of hydrogen-bond acceptors (Lipinski definition) is 6. The SMILES string of the molecule is Cc1ccc(Cn2c(Cl)nc(C#CC(C)(C)O)c2C(=O)CCC2CCC(c3nn[nH]n3)CC2)cc1. The van der Waals surface area contributed by atoms with E-state index in [0.717, 1.165) is 49.1 Å². The molecule has 1 aliphatic carbocycles. The fourth-order valence-electron chi connectivity index (χ4n) is 4.53. The van der Waals surface area contributed by atoms with E-state index in [2.05, 4.69) is 37.4 Å². The minimum atomic E-state index is -1.20. The highest BCUT2D eigenvalue weighted by Crippen LogP contribution is 2.36.